The molecule has 3 heterocycles. The van der Waals surface area contributed by atoms with E-state index in [1.807, 2.05) is 0 Å². The first kappa shape index (κ1) is 21.5. The van der Waals surface area contributed by atoms with E-state index in [0.29, 0.717) is 43.4 Å². The molecule has 0 unspecified atom stereocenters. The molecule has 31 heavy (non-hydrogen) atoms. The lowest BCUT2D eigenvalue weighted by Gasteiger charge is -2.26. The highest BCUT2D eigenvalue weighted by molar-refractivity contribution is 7.89. The van der Waals surface area contributed by atoms with Crippen molar-refractivity contribution in [1.82, 2.24) is 9.29 Å². The fourth-order valence-corrected chi connectivity index (χ4v) is 5.26. The highest BCUT2D eigenvalue weighted by atomic mass is 32.2. The maximum absolute atomic E-state index is 13.1. The lowest BCUT2D eigenvalue weighted by Crippen LogP contribution is -2.40. The van der Waals surface area contributed by atoms with E-state index in [9.17, 15) is 13.2 Å². The Hall–Kier alpha value is -2.69. The maximum Gasteiger partial charge on any atom is 0.259 e. The van der Waals surface area contributed by atoms with E-state index in [0.717, 1.165) is 25.9 Å². The first-order chi connectivity index (χ1) is 15.0. The van der Waals surface area contributed by atoms with Gasteiger partial charge in [0.1, 0.15) is 11.6 Å². The number of anilines is 2. The third-order valence-corrected chi connectivity index (χ3v) is 7.36. The van der Waals surface area contributed by atoms with Gasteiger partial charge < -0.3 is 19.7 Å². The SMILES string of the molecule is COc1ccc(S(=O)(=O)N2CCOCC2)cc1NC(=O)c1cccnc1N1CCCC1. The van der Waals surface area contributed by atoms with Gasteiger partial charge in [-0.1, -0.05) is 0 Å². The predicted octanol–water partition coefficient (Wildman–Crippen LogP) is 1.96. The Morgan fingerprint density at radius 1 is 1.13 bits per heavy atom. The molecule has 0 saturated carbocycles. The van der Waals surface area contributed by atoms with Crippen molar-refractivity contribution in [1.29, 1.82) is 0 Å². The Kier molecular flexibility index (Phi) is 6.40. The Morgan fingerprint density at radius 2 is 1.87 bits per heavy atom. The quantitative estimate of drug-likeness (QED) is 0.724. The van der Waals surface area contributed by atoms with Crippen LogP contribution in [0.3, 0.4) is 0 Å². The molecule has 0 atom stereocenters. The van der Waals surface area contributed by atoms with Crippen molar-refractivity contribution in [3.05, 3.63) is 42.1 Å². The Labute approximate surface area is 182 Å². The summed E-state index contributed by atoms with van der Waals surface area (Å²) >= 11 is 0. The number of methoxy groups -OCH3 is 1. The summed E-state index contributed by atoms with van der Waals surface area (Å²) in [5.41, 5.74) is 0.728. The minimum absolute atomic E-state index is 0.0939. The Balaban J connectivity index is 1.62. The zero-order chi connectivity index (χ0) is 21.8. The van der Waals surface area contributed by atoms with Crippen LogP contribution in [-0.2, 0) is 14.8 Å². The second-order valence-electron chi connectivity index (χ2n) is 7.40. The number of ether oxygens (including phenoxy) is 2. The van der Waals surface area contributed by atoms with E-state index in [1.165, 1.54) is 23.5 Å². The molecule has 1 N–H and O–H groups in total. The van der Waals surface area contributed by atoms with E-state index in [4.69, 9.17) is 9.47 Å². The molecule has 166 valence electrons. The molecular formula is C21H26N4O5S. The number of hydrogen-bond acceptors (Lipinski definition) is 7. The molecule has 1 amide bonds. The average molecular weight is 447 g/mol. The Bertz CT molecular complexity index is 1050. The third-order valence-electron chi connectivity index (χ3n) is 5.46. The van der Waals surface area contributed by atoms with Gasteiger partial charge in [0, 0.05) is 32.4 Å². The van der Waals surface area contributed by atoms with Crippen molar-refractivity contribution >= 4 is 27.4 Å². The number of nitrogens with zero attached hydrogens (tertiary/aromatic N) is 3. The standard InChI is InChI=1S/C21H26N4O5S/c1-29-19-7-6-16(31(27,28)25-11-13-30-14-12-25)15-18(19)23-21(26)17-5-4-8-22-20(17)24-9-2-3-10-24/h4-8,15H,2-3,9-14H2,1H3,(H,23,26). The van der Waals surface area contributed by atoms with Gasteiger partial charge in [0.2, 0.25) is 10.0 Å². The number of amides is 1. The molecule has 0 radical (unpaired) electrons. The van der Waals surface area contributed by atoms with Gasteiger partial charge in [0.05, 0.1) is 36.5 Å². The normalized spacial score (nSPS) is 17.5. The lowest BCUT2D eigenvalue weighted by molar-refractivity contribution is 0.0730. The molecule has 2 aliphatic heterocycles. The van der Waals surface area contributed by atoms with Gasteiger partial charge in [-0.25, -0.2) is 13.4 Å². The number of pyridine rings is 1. The number of rotatable bonds is 6. The summed E-state index contributed by atoms with van der Waals surface area (Å²) in [4.78, 5) is 19.7. The third kappa shape index (κ3) is 4.51. The van der Waals surface area contributed by atoms with Gasteiger partial charge in [-0.3, -0.25) is 4.79 Å². The molecule has 0 spiro atoms. The van der Waals surface area contributed by atoms with Crippen LogP contribution in [0.5, 0.6) is 5.75 Å². The average Bonchev–Trinajstić information content (AvgIpc) is 3.34. The largest absolute Gasteiger partial charge is 0.495 e. The number of carbonyl (C=O) groups excluding carboxylic acids is 1. The monoisotopic (exact) mass is 446 g/mol. The van der Waals surface area contributed by atoms with Crippen LogP contribution in [0.25, 0.3) is 0 Å². The highest BCUT2D eigenvalue weighted by Gasteiger charge is 2.28. The van der Waals surface area contributed by atoms with E-state index >= 15 is 0 Å². The van der Waals surface area contributed by atoms with E-state index in [1.54, 1.807) is 24.4 Å². The molecule has 2 fully saturated rings. The topological polar surface area (TPSA) is 101 Å². The summed E-state index contributed by atoms with van der Waals surface area (Å²) in [6.07, 6.45) is 3.79. The van der Waals surface area contributed by atoms with Crippen molar-refractivity contribution < 1.29 is 22.7 Å². The number of carbonyl (C=O) groups is 1. The van der Waals surface area contributed by atoms with Gasteiger partial charge in [0.25, 0.3) is 5.91 Å². The van der Waals surface area contributed by atoms with Crippen LogP contribution in [-0.4, -0.2) is 70.1 Å². The van der Waals surface area contributed by atoms with E-state index in [-0.39, 0.29) is 16.5 Å². The van der Waals surface area contributed by atoms with Gasteiger partial charge in [0.15, 0.2) is 0 Å². The Morgan fingerprint density at radius 3 is 2.58 bits per heavy atom. The fourth-order valence-electron chi connectivity index (χ4n) is 3.83. The molecular weight excluding hydrogens is 420 g/mol. The summed E-state index contributed by atoms with van der Waals surface area (Å²) in [6, 6.07) is 7.90. The molecule has 1 aromatic carbocycles. The summed E-state index contributed by atoms with van der Waals surface area (Å²) < 4.78 is 38.0. The van der Waals surface area contributed by atoms with Crippen LogP contribution in [0.1, 0.15) is 23.2 Å². The predicted molar refractivity (Wildman–Crippen MR) is 116 cm³/mol. The maximum atomic E-state index is 13.1. The van der Waals surface area contributed by atoms with Crippen molar-refractivity contribution in [3.63, 3.8) is 0 Å². The first-order valence-electron chi connectivity index (χ1n) is 10.3. The van der Waals surface area contributed by atoms with Crippen LogP contribution >= 0.6 is 0 Å². The minimum atomic E-state index is -3.71. The number of hydrogen-bond donors (Lipinski definition) is 1. The van der Waals surface area contributed by atoms with Gasteiger partial charge in [-0.05, 0) is 43.2 Å². The molecule has 2 aromatic rings. The van der Waals surface area contributed by atoms with Crippen LogP contribution in [0.4, 0.5) is 11.5 Å². The molecule has 0 bridgehead atoms. The minimum Gasteiger partial charge on any atom is -0.495 e. The second kappa shape index (κ2) is 9.21. The van der Waals surface area contributed by atoms with E-state index < -0.39 is 10.0 Å². The molecule has 2 aliphatic rings. The zero-order valence-corrected chi connectivity index (χ0v) is 18.2. The second-order valence-corrected chi connectivity index (χ2v) is 9.34. The highest BCUT2D eigenvalue weighted by Crippen LogP contribution is 2.31. The summed E-state index contributed by atoms with van der Waals surface area (Å²) in [5.74, 6) is 0.642. The van der Waals surface area contributed by atoms with E-state index in [2.05, 4.69) is 15.2 Å². The molecule has 4 rings (SSSR count). The summed E-state index contributed by atoms with van der Waals surface area (Å²) in [5, 5.41) is 2.82. The summed E-state index contributed by atoms with van der Waals surface area (Å²) in [7, 11) is -2.23. The fraction of sp³-hybridized carbons (Fsp3) is 0.429. The van der Waals surface area contributed by atoms with Crippen LogP contribution in [0.2, 0.25) is 0 Å². The van der Waals surface area contributed by atoms with Crippen molar-refractivity contribution in [2.45, 2.75) is 17.7 Å². The summed E-state index contributed by atoms with van der Waals surface area (Å²) in [6.45, 7) is 3.02. The molecule has 1 aromatic heterocycles. The van der Waals surface area contributed by atoms with Gasteiger partial charge in [-0.15, -0.1) is 0 Å². The smallest absolute Gasteiger partial charge is 0.259 e. The zero-order valence-electron chi connectivity index (χ0n) is 17.4. The molecule has 9 nitrogen and oxygen atoms in total. The number of aromatic nitrogens is 1. The van der Waals surface area contributed by atoms with Crippen molar-refractivity contribution in [3.8, 4) is 5.75 Å². The van der Waals surface area contributed by atoms with Crippen LogP contribution in [0, 0.1) is 0 Å². The van der Waals surface area contributed by atoms with Gasteiger partial charge >= 0.3 is 0 Å². The lowest BCUT2D eigenvalue weighted by atomic mass is 10.2. The molecule has 0 aliphatic carbocycles. The number of morpholine rings is 1. The first-order valence-corrected chi connectivity index (χ1v) is 11.7. The van der Waals surface area contributed by atoms with Crippen LogP contribution < -0.4 is 15.0 Å². The number of sulfonamides is 1. The van der Waals surface area contributed by atoms with Crippen molar-refractivity contribution in [2.24, 2.45) is 0 Å². The number of nitrogens with one attached hydrogen (secondary N) is 1. The molecule has 10 heteroatoms. The van der Waals surface area contributed by atoms with Crippen LogP contribution in [0.15, 0.2) is 41.4 Å². The van der Waals surface area contributed by atoms with Gasteiger partial charge in [-0.2, -0.15) is 4.31 Å². The number of benzene rings is 1. The molecule has 2 saturated heterocycles. The van der Waals surface area contributed by atoms with Crippen molar-refractivity contribution in [2.75, 3.05) is 56.7 Å².